The lowest BCUT2D eigenvalue weighted by Gasteiger charge is -2.31. The predicted octanol–water partition coefficient (Wildman–Crippen LogP) is 5.37. The monoisotopic (exact) mass is 777 g/mol. The molecule has 2 fully saturated rings. The zero-order chi connectivity index (χ0) is 38.7. The number of nitrogens with one attached hydrogen (secondary N) is 3. The Hall–Kier alpha value is -5.26. The number of aliphatic hydroxyl groups excluding tert-OH is 2. The number of hydrogen-bond donors (Lipinski definition) is 5. The molecule has 2 aliphatic rings. The Kier molecular flexibility index (Phi) is 11.2. The number of benzene rings is 2. The van der Waals surface area contributed by atoms with Gasteiger partial charge >= 0.3 is 18.1 Å². The number of aromatic nitrogens is 4. The number of halogens is 3. The van der Waals surface area contributed by atoms with E-state index in [9.17, 15) is 33.0 Å². The Morgan fingerprint density at radius 3 is 2.35 bits per heavy atom. The van der Waals surface area contributed by atoms with Crippen LogP contribution in [0.15, 0.2) is 84.5 Å². The highest BCUT2D eigenvalue weighted by Gasteiger charge is 2.51. The fourth-order valence-corrected chi connectivity index (χ4v) is 8.16. The summed E-state index contributed by atoms with van der Waals surface area (Å²) in [5, 5.41) is 34.3. The van der Waals surface area contributed by atoms with Crippen LogP contribution in [0.25, 0.3) is 11.2 Å². The average molecular weight is 778 g/mol. The van der Waals surface area contributed by atoms with Crippen molar-refractivity contribution in [2.24, 2.45) is 0 Å². The normalized spacial score (nSPS) is 21.3. The minimum absolute atomic E-state index is 0.0801. The van der Waals surface area contributed by atoms with Gasteiger partial charge in [0.05, 0.1) is 23.4 Å². The molecule has 5 aromatic rings. The summed E-state index contributed by atoms with van der Waals surface area (Å²) in [5.41, 5.74) is 2.79. The van der Waals surface area contributed by atoms with Gasteiger partial charge in [0.25, 0.3) is 0 Å². The molecule has 17 heteroatoms. The molecule has 3 aromatic heterocycles. The lowest BCUT2D eigenvalue weighted by molar-refractivity contribution is -0.190. The van der Waals surface area contributed by atoms with E-state index >= 15 is 0 Å². The molecule has 3 amide bonds. The second-order valence-electron chi connectivity index (χ2n) is 13.8. The summed E-state index contributed by atoms with van der Waals surface area (Å²) in [5.74, 6) is -1.43. The number of carbonyl (C=O) groups excluding carboxylic acids is 2. The molecule has 1 aliphatic carbocycles. The quantitative estimate of drug-likeness (QED) is 0.112. The Morgan fingerprint density at radius 2 is 1.71 bits per heavy atom. The SMILES string of the molecule is CCCN(C(=O)C(F)(F)F)[C@H]1C[C@@H](n2cnc3c(NCC(c4ccccc4)c4ccccc4)nc(N4CC[C@@H](NC(=O)Nc5cccs5)C4)nc32)[C@H](O)[C@@H]1O. The number of aliphatic hydroxyl groups is 2. The van der Waals surface area contributed by atoms with Gasteiger partial charge in [-0.2, -0.15) is 23.1 Å². The number of urea groups is 1. The van der Waals surface area contributed by atoms with Crippen molar-refractivity contribution in [3.05, 3.63) is 95.6 Å². The molecule has 5 N–H and O–H groups in total. The largest absolute Gasteiger partial charge is 0.471 e. The summed E-state index contributed by atoms with van der Waals surface area (Å²) in [6.45, 7) is 2.71. The zero-order valence-electron chi connectivity index (χ0n) is 29.9. The van der Waals surface area contributed by atoms with Crippen molar-refractivity contribution in [2.75, 3.05) is 41.7 Å². The van der Waals surface area contributed by atoms with Gasteiger partial charge in [-0.3, -0.25) is 10.1 Å². The maximum atomic E-state index is 13.6. The summed E-state index contributed by atoms with van der Waals surface area (Å²) in [6.07, 6.45) is -6.23. The number of thiophene rings is 1. The minimum atomic E-state index is -5.15. The number of carbonyl (C=O) groups is 2. The smallest absolute Gasteiger partial charge is 0.388 e. The fraction of sp³-hybridized carbons (Fsp3) is 0.395. The van der Waals surface area contributed by atoms with Crippen LogP contribution >= 0.6 is 11.3 Å². The van der Waals surface area contributed by atoms with E-state index in [0.29, 0.717) is 48.2 Å². The lowest BCUT2D eigenvalue weighted by Crippen LogP contribution is -2.51. The molecule has 0 spiro atoms. The Labute approximate surface area is 319 Å². The molecule has 290 valence electrons. The van der Waals surface area contributed by atoms with E-state index < -0.39 is 36.4 Å². The molecule has 0 radical (unpaired) electrons. The number of fused-ring (bicyclic) bond motifs is 1. The van der Waals surface area contributed by atoms with Gasteiger partial charge < -0.3 is 35.2 Å². The molecule has 5 atom stereocenters. The average Bonchev–Trinajstić information content (AvgIpc) is 4.00. The number of hydrogen-bond acceptors (Lipinski definition) is 10. The van der Waals surface area contributed by atoms with E-state index in [0.717, 1.165) is 16.1 Å². The number of nitrogens with zero attached hydrogens (tertiary/aromatic N) is 6. The van der Waals surface area contributed by atoms with Crippen LogP contribution < -0.4 is 20.9 Å². The lowest BCUT2D eigenvalue weighted by atomic mass is 9.91. The molecular weight excluding hydrogens is 736 g/mol. The van der Waals surface area contributed by atoms with Gasteiger partial charge in [-0.15, -0.1) is 11.3 Å². The van der Waals surface area contributed by atoms with E-state index in [1.54, 1.807) is 11.5 Å². The Morgan fingerprint density at radius 1 is 1.00 bits per heavy atom. The van der Waals surface area contributed by atoms with Crippen LogP contribution in [0.5, 0.6) is 0 Å². The van der Waals surface area contributed by atoms with Gasteiger partial charge in [-0.05, 0) is 47.9 Å². The Bertz CT molecular complexity index is 2030. The third-order valence-electron chi connectivity index (χ3n) is 10.2. The van der Waals surface area contributed by atoms with E-state index in [2.05, 4.69) is 45.2 Å². The van der Waals surface area contributed by atoms with E-state index in [4.69, 9.17) is 9.97 Å². The molecule has 1 saturated carbocycles. The van der Waals surface area contributed by atoms with Gasteiger partial charge in [-0.25, -0.2) is 9.78 Å². The zero-order valence-corrected chi connectivity index (χ0v) is 30.7. The van der Waals surface area contributed by atoms with Crippen molar-refractivity contribution < 1.29 is 33.0 Å². The van der Waals surface area contributed by atoms with Crippen molar-refractivity contribution in [2.45, 2.75) is 68.6 Å². The first-order chi connectivity index (χ1) is 26.5. The van der Waals surface area contributed by atoms with Crippen LogP contribution in [0.4, 0.5) is 34.7 Å². The van der Waals surface area contributed by atoms with Gasteiger partial charge in [0, 0.05) is 38.1 Å². The van der Waals surface area contributed by atoms with Crippen LogP contribution in [0.3, 0.4) is 0 Å². The second-order valence-corrected chi connectivity index (χ2v) is 14.8. The minimum Gasteiger partial charge on any atom is -0.388 e. The first kappa shape index (κ1) is 38.0. The highest BCUT2D eigenvalue weighted by atomic mass is 32.1. The van der Waals surface area contributed by atoms with Crippen molar-refractivity contribution >= 4 is 51.2 Å². The maximum Gasteiger partial charge on any atom is 0.471 e. The molecule has 1 saturated heterocycles. The van der Waals surface area contributed by atoms with Crippen LogP contribution in [-0.2, 0) is 4.79 Å². The first-order valence-electron chi connectivity index (χ1n) is 18.2. The molecule has 4 heterocycles. The van der Waals surface area contributed by atoms with E-state index in [1.807, 2.05) is 58.8 Å². The van der Waals surface area contributed by atoms with Crippen LogP contribution in [0.1, 0.15) is 49.3 Å². The number of anilines is 3. The third-order valence-corrected chi connectivity index (χ3v) is 11.0. The van der Waals surface area contributed by atoms with Gasteiger partial charge in [0.2, 0.25) is 5.95 Å². The molecule has 0 bridgehead atoms. The highest BCUT2D eigenvalue weighted by Crippen LogP contribution is 2.38. The maximum absolute atomic E-state index is 13.6. The Balaban J connectivity index is 1.21. The molecule has 55 heavy (non-hydrogen) atoms. The summed E-state index contributed by atoms with van der Waals surface area (Å²) >= 11 is 1.41. The summed E-state index contributed by atoms with van der Waals surface area (Å²) in [7, 11) is 0. The molecule has 7 rings (SSSR count). The number of imidazole rings is 1. The van der Waals surface area contributed by atoms with Crippen molar-refractivity contribution in [1.29, 1.82) is 0 Å². The predicted molar refractivity (Wildman–Crippen MR) is 203 cm³/mol. The molecule has 1 aliphatic heterocycles. The van der Waals surface area contributed by atoms with Crippen molar-refractivity contribution in [1.82, 2.24) is 29.7 Å². The summed E-state index contributed by atoms with van der Waals surface area (Å²) < 4.78 is 42.5. The van der Waals surface area contributed by atoms with Gasteiger partial charge in [0.15, 0.2) is 17.0 Å². The summed E-state index contributed by atoms with van der Waals surface area (Å²) in [4.78, 5) is 42.2. The second kappa shape index (κ2) is 16.2. The van der Waals surface area contributed by atoms with Crippen LogP contribution in [0, 0.1) is 0 Å². The third kappa shape index (κ3) is 8.23. The molecule has 2 aromatic carbocycles. The summed E-state index contributed by atoms with van der Waals surface area (Å²) in [6, 6.07) is 20.9. The van der Waals surface area contributed by atoms with Crippen LogP contribution in [0.2, 0.25) is 0 Å². The van der Waals surface area contributed by atoms with Crippen molar-refractivity contribution in [3.63, 3.8) is 0 Å². The number of amides is 3. The first-order valence-corrected chi connectivity index (χ1v) is 19.1. The van der Waals surface area contributed by atoms with Gasteiger partial charge in [0.1, 0.15) is 12.2 Å². The number of rotatable bonds is 12. The number of alkyl halides is 3. The molecule has 13 nitrogen and oxygen atoms in total. The fourth-order valence-electron chi connectivity index (χ4n) is 7.55. The molecular formula is C38H42F3N9O4S. The van der Waals surface area contributed by atoms with Gasteiger partial charge in [-0.1, -0.05) is 67.6 Å². The van der Waals surface area contributed by atoms with E-state index in [1.165, 1.54) is 17.7 Å². The van der Waals surface area contributed by atoms with Crippen LogP contribution in [-0.4, -0.2) is 103 Å². The standard InChI is InChI=1S/C38H42F3N9O4S/c1-2-16-49(35(53)38(39,40)41)27-19-28(32(52)31(27)51)50-22-43-30-33(42-20-26(23-10-5-3-6-11-23)24-12-7-4-8-13-24)46-36(47-34(30)50)48-17-15-25(21-48)44-37(54)45-29-14-9-18-55-29/h3-14,18,22,25-28,31-32,51-52H,2,15-17,19-21H2,1H3,(H,42,46,47)(H2,44,45,54)/t25-,27+,28-,31-,32+/m1/s1. The topological polar surface area (TPSA) is 161 Å². The van der Waals surface area contributed by atoms with E-state index in [-0.39, 0.29) is 43.0 Å². The highest BCUT2D eigenvalue weighted by molar-refractivity contribution is 7.14. The van der Waals surface area contributed by atoms with Crippen molar-refractivity contribution in [3.8, 4) is 0 Å². The molecule has 0 unspecified atom stereocenters.